The van der Waals surface area contributed by atoms with E-state index in [2.05, 4.69) is 34.8 Å². The van der Waals surface area contributed by atoms with Gasteiger partial charge in [0.05, 0.1) is 23.7 Å². The monoisotopic (exact) mass is 576 g/mol. The van der Waals surface area contributed by atoms with Crippen molar-refractivity contribution in [3.63, 3.8) is 0 Å². The molecule has 0 spiro atoms. The van der Waals surface area contributed by atoms with Crippen molar-refractivity contribution >= 4 is 40.0 Å². The fourth-order valence-electron chi connectivity index (χ4n) is 6.84. The first-order valence-corrected chi connectivity index (χ1v) is 15.8. The lowest BCUT2D eigenvalue weighted by Gasteiger charge is -2.36. The number of piperidine rings is 1. The van der Waals surface area contributed by atoms with Gasteiger partial charge in [0.1, 0.15) is 6.04 Å². The number of aryl methyl sites for hydroxylation is 2. The highest BCUT2D eigenvalue weighted by atomic mass is 32.1. The molecule has 5 heterocycles. The summed E-state index contributed by atoms with van der Waals surface area (Å²) in [6, 6.07) is 9.21. The molecule has 3 aliphatic rings. The molecule has 3 amide bonds. The maximum atomic E-state index is 14.2. The summed E-state index contributed by atoms with van der Waals surface area (Å²) in [7, 11) is 1.91. The van der Waals surface area contributed by atoms with Crippen molar-refractivity contribution in [2.45, 2.75) is 64.1 Å². The molecular formula is C31H40N6O3S. The minimum absolute atomic E-state index is 0.0876. The zero-order chi connectivity index (χ0) is 28.5. The van der Waals surface area contributed by atoms with Crippen LogP contribution in [0.2, 0.25) is 0 Å². The number of hydrogen-bond donors (Lipinski definition) is 2. The Bertz CT molecular complexity index is 1430. The van der Waals surface area contributed by atoms with E-state index in [-0.39, 0.29) is 29.6 Å². The SMILES string of the molecule is Cc1ccc(C[C@@H]2C[C@@H](C(=O)NCc3ccc4c(cnn4C)c3)N(C(=O)[C@@H]3NCCC[C@@H]3C(=O)N3CCCC3)C2)s1. The summed E-state index contributed by atoms with van der Waals surface area (Å²) in [6.45, 7) is 5.27. The molecule has 3 fully saturated rings. The van der Waals surface area contributed by atoms with Crippen LogP contribution in [-0.4, -0.2) is 75.6 Å². The normalized spacial score (nSPS) is 24.7. The molecule has 3 aliphatic heterocycles. The van der Waals surface area contributed by atoms with Crippen LogP contribution in [0.5, 0.6) is 0 Å². The first-order valence-electron chi connectivity index (χ1n) is 14.9. The Kier molecular flexibility index (Phi) is 8.12. The van der Waals surface area contributed by atoms with E-state index in [4.69, 9.17) is 0 Å². The van der Waals surface area contributed by atoms with Gasteiger partial charge in [0.15, 0.2) is 0 Å². The van der Waals surface area contributed by atoms with Gasteiger partial charge in [0.2, 0.25) is 17.7 Å². The van der Waals surface area contributed by atoms with Gasteiger partial charge in [0, 0.05) is 48.4 Å². The number of hydrogen-bond acceptors (Lipinski definition) is 6. The molecule has 2 aromatic heterocycles. The highest BCUT2D eigenvalue weighted by molar-refractivity contribution is 7.11. The van der Waals surface area contributed by atoms with Gasteiger partial charge < -0.3 is 20.4 Å². The van der Waals surface area contributed by atoms with Gasteiger partial charge in [-0.25, -0.2) is 0 Å². The van der Waals surface area contributed by atoms with E-state index in [1.54, 1.807) is 16.2 Å². The summed E-state index contributed by atoms with van der Waals surface area (Å²) in [5, 5.41) is 11.8. The largest absolute Gasteiger partial charge is 0.350 e. The molecule has 0 unspecified atom stereocenters. The maximum absolute atomic E-state index is 14.2. The first kappa shape index (κ1) is 27.9. The lowest BCUT2D eigenvalue weighted by atomic mass is 9.88. The lowest BCUT2D eigenvalue weighted by Crippen LogP contribution is -2.59. The highest BCUT2D eigenvalue weighted by Crippen LogP contribution is 2.32. The van der Waals surface area contributed by atoms with E-state index in [9.17, 15) is 14.4 Å². The number of nitrogens with one attached hydrogen (secondary N) is 2. The molecule has 218 valence electrons. The molecule has 4 atom stereocenters. The number of fused-ring (bicyclic) bond motifs is 1. The van der Waals surface area contributed by atoms with Crippen LogP contribution in [0.3, 0.4) is 0 Å². The van der Waals surface area contributed by atoms with Gasteiger partial charge in [0.25, 0.3) is 0 Å². The minimum atomic E-state index is -0.581. The fraction of sp³-hybridized carbons (Fsp3) is 0.548. The second-order valence-corrected chi connectivity index (χ2v) is 13.3. The number of aromatic nitrogens is 2. The molecular weight excluding hydrogens is 536 g/mol. The third kappa shape index (κ3) is 5.90. The van der Waals surface area contributed by atoms with Gasteiger partial charge in [-0.15, -0.1) is 11.3 Å². The number of benzene rings is 1. The third-order valence-corrected chi connectivity index (χ3v) is 10.0. The molecule has 6 rings (SSSR count). The molecule has 41 heavy (non-hydrogen) atoms. The van der Waals surface area contributed by atoms with Crippen molar-refractivity contribution in [3.8, 4) is 0 Å². The number of thiophene rings is 1. The van der Waals surface area contributed by atoms with Gasteiger partial charge >= 0.3 is 0 Å². The Morgan fingerprint density at radius 3 is 2.71 bits per heavy atom. The highest BCUT2D eigenvalue weighted by Gasteiger charge is 2.46. The van der Waals surface area contributed by atoms with Crippen molar-refractivity contribution < 1.29 is 14.4 Å². The Morgan fingerprint density at radius 2 is 1.93 bits per heavy atom. The quantitative estimate of drug-likeness (QED) is 0.451. The van der Waals surface area contributed by atoms with E-state index in [1.165, 1.54) is 9.75 Å². The molecule has 0 saturated carbocycles. The van der Waals surface area contributed by atoms with E-state index in [0.29, 0.717) is 32.5 Å². The Morgan fingerprint density at radius 1 is 1.10 bits per heavy atom. The smallest absolute Gasteiger partial charge is 0.243 e. The van der Waals surface area contributed by atoms with Crippen molar-refractivity contribution in [3.05, 3.63) is 51.8 Å². The van der Waals surface area contributed by atoms with Crippen LogP contribution >= 0.6 is 11.3 Å². The standard InChI is InChI=1S/C31H40N6O3S/c1-20-7-9-24(41-20)15-22-16-27(29(38)33-17-21-8-10-26-23(14-21)18-34-35(26)2)37(19-22)31(40)28-25(6-5-11-32-28)30(39)36-12-3-4-13-36/h7-10,14,18,22,25,27-28,32H,3-6,11-13,15-17,19H2,1-2H3,(H,33,38)/t22-,25+,27+,28-/m1/s1. The molecule has 0 bridgehead atoms. The first-order chi connectivity index (χ1) is 19.9. The predicted octanol–water partition coefficient (Wildman–Crippen LogP) is 3.01. The predicted molar refractivity (Wildman–Crippen MR) is 159 cm³/mol. The van der Waals surface area contributed by atoms with Crippen LogP contribution in [0, 0.1) is 18.8 Å². The van der Waals surface area contributed by atoms with E-state index in [1.807, 2.05) is 41.0 Å². The van der Waals surface area contributed by atoms with Crippen LogP contribution in [-0.2, 0) is 34.4 Å². The third-order valence-electron chi connectivity index (χ3n) is 9.00. The van der Waals surface area contributed by atoms with Gasteiger partial charge in [-0.2, -0.15) is 5.10 Å². The van der Waals surface area contributed by atoms with Gasteiger partial charge in [-0.05, 0) is 87.7 Å². The van der Waals surface area contributed by atoms with Crippen LogP contribution in [0.1, 0.15) is 47.4 Å². The Balaban J connectivity index is 1.19. The molecule has 3 saturated heterocycles. The van der Waals surface area contributed by atoms with Crippen LogP contribution in [0.4, 0.5) is 0 Å². The number of nitrogens with zero attached hydrogens (tertiary/aromatic N) is 4. The maximum Gasteiger partial charge on any atom is 0.243 e. The van der Waals surface area contributed by atoms with E-state index < -0.39 is 12.1 Å². The Hall–Kier alpha value is -3.24. The zero-order valence-electron chi connectivity index (χ0n) is 24.0. The number of carbonyl (C=O) groups is 3. The van der Waals surface area contributed by atoms with Crippen molar-refractivity contribution in [1.29, 1.82) is 0 Å². The second-order valence-electron chi connectivity index (χ2n) is 11.9. The zero-order valence-corrected chi connectivity index (χ0v) is 24.8. The molecule has 0 aliphatic carbocycles. The molecule has 1 aromatic carbocycles. The number of likely N-dealkylation sites (tertiary alicyclic amines) is 2. The average Bonchev–Trinajstić information content (AvgIpc) is 3.80. The molecule has 10 heteroatoms. The average molecular weight is 577 g/mol. The lowest BCUT2D eigenvalue weighted by molar-refractivity contribution is -0.146. The van der Waals surface area contributed by atoms with Gasteiger partial charge in [-0.1, -0.05) is 6.07 Å². The van der Waals surface area contributed by atoms with E-state index in [0.717, 1.165) is 55.2 Å². The summed E-state index contributed by atoms with van der Waals surface area (Å²) < 4.78 is 1.83. The van der Waals surface area contributed by atoms with Crippen molar-refractivity contribution in [1.82, 2.24) is 30.2 Å². The molecule has 3 aromatic rings. The summed E-state index contributed by atoms with van der Waals surface area (Å²) >= 11 is 1.78. The molecule has 0 radical (unpaired) electrons. The minimum Gasteiger partial charge on any atom is -0.350 e. The molecule has 9 nitrogen and oxygen atoms in total. The van der Waals surface area contributed by atoms with Crippen LogP contribution < -0.4 is 10.6 Å². The number of rotatable bonds is 7. The fourth-order valence-corrected chi connectivity index (χ4v) is 7.84. The van der Waals surface area contributed by atoms with Crippen LogP contribution in [0.15, 0.2) is 36.5 Å². The number of amides is 3. The van der Waals surface area contributed by atoms with E-state index >= 15 is 0 Å². The van der Waals surface area contributed by atoms with Gasteiger partial charge in [-0.3, -0.25) is 19.1 Å². The summed E-state index contributed by atoms with van der Waals surface area (Å²) in [5.41, 5.74) is 2.03. The van der Waals surface area contributed by atoms with Crippen LogP contribution in [0.25, 0.3) is 10.9 Å². The molecule has 2 N–H and O–H groups in total. The van der Waals surface area contributed by atoms with Crippen molar-refractivity contribution in [2.75, 3.05) is 26.2 Å². The summed E-state index contributed by atoms with van der Waals surface area (Å²) in [4.78, 5) is 47.6. The summed E-state index contributed by atoms with van der Waals surface area (Å²) in [5.74, 6) is -0.333. The Labute approximate surface area is 245 Å². The topological polar surface area (TPSA) is 99.6 Å². The summed E-state index contributed by atoms with van der Waals surface area (Å²) in [6.07, 6.45) is 6.92. The van der Waals surface area contributed by atoms with Crippen molar-refractivity contribution in [2.24, 2.45) is 18.9 Å². The number of carbonyl (C=O) groups excluding carboxylic acids is 3. The second kappa shape index (κ2) is 11.9.